The maximum atomic E-state index is 11.8. The number of rotatable bonds is 0. The number of hydrogen-bond acceptors (Lipinski definition) is 1. The molecule has 2 aliphatic carbocycles. The summed E-state index contributed by atoms with van der Waals surface area (Å²) >= 11 is 0. The molecular weight excluding hydrogens is 160 g/mol. The van der Waals surface area contributed by atoms with Crippen LogP contribution in [0.2, 0.25) is 0 Å². The van der Waals surface area contributed by atoms with E-state index < -0.39 is 0 Å². The van der Waals surface area contributed by atoms with Gasteiger partial charge in [0.2, 0.25) is 0 Å². The zero-order valence-electron chi connectivity index (χ0n) is 8.13. The number of Topliss-reactive ketones (excluding diaryl/α,β-unsaturated/α-hetero) is 1. The predicted molar refractivity (Wildman–Crippen MR) is 53.3 cm³/mol. The van der Waals surface area contributed by atoms with Crippen LogP contribution in [0.3, 0.4) is 0 Å². The zero-order valence-corrected chi connectivity index (χ0v) is 8.13. The van der Waals surface area contributed by atoms with Gasteiger partial charge in [0, 0.05) is 6.42 Å². The molecule has 1 unspecified atom stereocenters. The molecule has 0 aromatic carbocycles. The molecular formula is C12H14O. The number of fused-ring (bicyclic) bond motifs is 1. The van der Waals surface area contributed by atoms with Crippen molar-refractivity contribution in [3.8, 4) is 0 Å². The Labute approximate surface area is 78.8 Å². The van der Waals surface area contributed by atoms with Gasteiger partial charge in [-0.05, 0) is 31.4 Å². The van der Waals surface area contributed by atoms with E-state index >= 15 is 0 Å². The van der Waals surface area contributed by atoms with E-state index in [1.54, 1.807) is 0 Å². The summed E-state index contributed by atoms with van der Waals surface area (Å²) in [5.41, 5.74) is 2.13. The smallest absolute Gasteiger partial charge is 0.147 e. The van der Waals surface area contributed by atoms with Crippen molar-refractivity contribution >= 4 is 5.78 Å². The lowest BCUT2D eigenvalue weighted by Gasteiger charge is -2.33. The minimum atomic E-state index is -0.322. The van der Waals surface area contributed by atoms with E-state index in [9.17, 15) is 4.79 Å². The molecule has 0 spiro atoms. The number of carbonyl (C=O) groups excluding carboxylic acids is 1. The summed E-state index contributed by atoms with van der Waals surface area (Å²) in [5, 5.41) is 0. The van der Waals surface area contributed by atoms with Crippen molar-refractivity contribution in [3.63, 3.8) is 0 Å². The first kappa shape index (κ1) is 8.49. The van der Waals surface area contributed by atoms with E-state index in [2.05, 4.69) is 19.1 Å². The molecule has 1 nitrogen and oxygen atoms in total. The minimum absolute atomic E-state index is 0.322. The highest BCUT2D eigenvalue weighted by molar-refractivity contribution is 5.92. The van der Waals surface area contributed by atoms with E-state index in [1.807, 2.05) is 19.1 Å². The average Bonchev–Trinajstić information content (AvgIpc) is 2.08. The first-order valence-corrected chi connectivity index (χ1v) is 4.75. The molecule has 0 aliphatic heterocycles. The molecule has 2 rings (SSSR count). The summed E-state index contributed by atoms with van der Waals surface area (Å²) in [7, 11) is 0. The summed E-state index contributed by atoms with van der Waals surface area (Å²) in [6.45, 7) is 4.10. The normalized spacial score (nSPS) is 32.3. The fraction of sp³-hybridized carbons (Fsp3) is 0.417. The SMILES string of the molecule is CC1=CC=CC2(C)C(=O)CCC=C12. The maximum absolute atomic E-state index is 11.8. The van der Waals surface area contributed by atoms with Gasteiger partial charge in [-0.15, -0.1) is 0 Å². The molecule has 0 radical (unpaired) electrons. The van der Waals surface area contributed by atoms with Crippen LogP contribution in [-0.2, 0) is 4.79 Å². The Bertz CT molecular complexity index is 344. The molecule has 13 heavy (non-hydrogen) atoms. The molecule has 0 saturated carbocycles. The molecule has 0 bridgehead atoms. The summed E-state index contributed by atoms with van der Waals surface area (Å²) in [6.07, 6.45) is 9.90. The fourth-order valence-corrected chi connectivity index (χ4v) is 2.20. The third kappa shape index (κ3) is 1.11. The Balaban J connectivity index is 2.54. The lowest BCUT2D eigenvalue weighted by molar-refractivity contribution is -0.124. The quantitative estimate of drug-likeness (QED) is 0.552. The van der Waals surface area contributed by atoms with Gasteiger partial charge in [-0.3, -0.25) is 4.79 Å². The lowest BCUT2D eigenvalue weighted by Crippen LogP contribution is -2.32. The third-order valence-corrected chi connectivity index (χ3v) is 3.06. The number of hydrogen-bond donors (Lipinski definition) is 0. The molecule has 0 aromatic heterocycles. The summed E-state index contributed by atoms with van der Waals surface area (Å²) in [6, 6.07) is 0. The Morgan fingerprint density at radius 2 is 2.23 bits per heavy atom. The molecule has 0 saturated heterocycles. The van der Waals surface area contributed by atoms with E-state index in [-0.39, 0.29) is 5.41 Å². The molecule has 68 valence electrons. The van der Waals surface area contributed by atoms with E-state index in [0.29, 0.717) is 12.2 Å². The van der Waals surface area contributed by atoms with Crippen LogP contribution in [0, 0.1) is 5.41 Å². The molecule has 2 aliphatic rings. The first-order valence-electron chi connectivity index (χ1n) is 4.75. The fourth-order valence-electron chi connectivity index (χ4n) is 2.20. The monoisotopic (exact) mass is 174 g/mol. The van der Waals surface area contributed by atoms with Gasteiger partial charge in [0.1, 0.15) is 5.78 Å². The molecule has 0 heterocycles. The Morgan fingerprint density at radius 3 is 2.92 bits per heavy atom. The summed E-state index contributed by atoms with van der Waals surface area (Å²) in [4.78, 5) is 11.8. The second-order valence-corrected chi connectivity index (χ2v) is 3.99. The van der Waals surface area contributed by atoms with Gasteiger partial charge in [-0.1, -0.05) is 24.3 Å². The maximum Gasteiger partial charge on any atom is 0.147 e. The highest BCUT2D eigenvalue weighted by atomic mass is 16.1. The average molecular weight is 174 g/mol. The van der Waals surface area contributed by atoms with Crippen LogP contribution in [0.25, 0.3) is 0 Å². The minimum Gasteiger partial charge on any atom is -0.298 e. The molecule has 0 amide bonds. The second-order valence-electron chi connectivity index (χ2n) is 3.99. The Kier molecular flexibility index (Phi) is 1.76. The van der Waals surface area contributed by atoms with Crippen LogP contribution in [0.15, 0.2) is 35.5 Å². The van der Waals surface area contributed by atoms with Gasteiger partial charge >= 0.3 is 0 Å². The third-order valence-electron chi connectivity index (χ3n) is 3.06. The van der Waals surface area contributed by atoms with E-state index in [4.69, 9.17) is 0 Å². The molecule has 0 N–H and O–H groups in total. The second kappa shape index (κ2) is 2.69. The van der Waals surface area contributed by atoms with Gasteiger partial charge in [-0.25, -0.2) is 0 Å². The van der Waals surface area contributed by atoms with Crippen LogP contribution in [0.4, 0.5) is 0 Å². The van der Waals surface area contributed by atoms with Gasteiger partial charge < -0.3 is 0 Å². The van der Waals surface area contributed by atoms with Gasteiger partial charge in [0.25, 0.3) is 0 Å². The van der Waals surface area contributed by atoms with Crippen LogP contribution in [0.5, 0.6) is 0 Å². The number of allylic oxidation sites excluding steroid dienone is 6. The van der Waals surface area contributed by atoms with Crippen LogP contribution < -0.4 is 0 Å². The van der Waals surface area contributed by atoms with Gasteiger partial charge in [0.15, 0.2) is 0 Å². The number of carbonyl (C=O) groups is 1. The van der Waals surface area contributed by atoms with Gasteiger partial charge in [0.05, 0.1) is 5.41 Å². The topological polar surface area (TPSA) is 17.1 Å². The van der Waals surface area contributed by atoms with E-state index in [1.165, 1.54) is 11.1 Å². The Morgan fingerprint density at radius 1 is 1.46 bits per heavy atom. The molecule has 0 aromatic rings. The Hall–Kier alpha value is -1.11. The van der Waals surface area contributed by atoms with Crippen molar-refractivity contribution in [1.29, 1.82) is 0 Å². The summed E-state index contributed by atoms with van der Waals surface area (Å²) in [5.74, 6) is 0.355. The zero-order chi connectivity index (χ0) is 9.47. The molecule has 0 fully saturated rings. The van der Waals surface area contributed by atoms with Crippen molar-refractivity contribution in [2.75, 3.05) is 0 Å². The number of ketones is 1. The first-order chi connectivity index (χ1) is 6.14. The van der Waals surface area contributed by atoms with Crippen molar-refractivity contribution in [2.24, 2.45) is 5.41 Å². The predicted octanol–water partition coefficient (Wildman–Crippen LogP) is 2.80. The van der Waals surface area contributed by atoms with Crippen molar-refractivity contribution in [3.05, 3.63) is 35.5 Å². The van der Waals surface area contributed by atoms with Crippen molar-refractivity contribution in [1.82, 2.24) is 0 Å². The standard InChI is InChI=1S/C12H14O/c1-9-5-4-8-12(2)10(9)6-3-7-11(12)13/h4-6,8H,3,7H2,1-2H3. The highest BCUT2D eigenvalue weighted by Crippen LogP contribution is 2.41. The van der Waals surface area contributed by atoms with Crippen LogP contribution in [0.1, 0.15) is 26.7 Å². The lowest BCUT2D eigenvalue weighted by atomic mass is 9.68. The van der Waals surface area contributed by atoms with E-state index in [0.717, 1.165) is 6.42 Å². The summed E-state index contributed by atoms with van der Waals surface area (Å²) < 4.78 is 0. The highest BCUT2D eigenvalue weighted by Gasteiger charge is 2.37. The molecule has 1 heteroatoms. The van der Waals surface area contributed by atoms with Crippen molar-refractivity contribution in [2.45, 2.75) is 26.7 Å². The van der Waals surface area contributed by atoms with Gasteiger partial charge in [-0.2, -0.15) is 0 Å². The van der Waals surface area contributed by atoms with Crippen LogP contribution in [-0.4, -0.2) is 5.78 Å². The largest absolute Gasteiger partial charge is 0.298 e. The molecule has 1 atom stereocenters. The van der Waals surface area contributed by atoms with Crippen LogP contribution >= 0.6 is 0 Å². The van der Waals surface area contributed by atoms with Crippen molar-refractivity contribution < 1.29 is 4.79 Å².